The van der Waals surface area contributed by atoms with Gasteiger partial charge in [-0.1, -0.05) is 24.3 Å². The minimum absolute atomic E-state index is 0.240. The Morgan fingerprint density at radius 2 is 1.78 bits per heavy atom. The number of nitrogens with zero attached hydrogens (tertiary/aromatic N) is 2. The largest absolute Gasteiger partial charge is 0.397 e. The Labute approximate surface area is 190 Å². The maximum absolute atomic E-state index is 14.8. The molecule has 0 unspecified atom stereocenters. The molecule has 1 atom stereocenters. The van der Waals surface area contributed by atoms with Gasteiger partial charge in [0.2, 0.25) is 6.17 Å². The molecule has 0 spiro atoms. The highest BCUT2D eigenvalue weighted by molar-refractivity contribution is 7.13. The van der Waals surface area contributed by atoms with Crippen molar-refractivity contribution in [3.63, 3.8) is 0 Å². The predicted octanol–water partition coefficient (Wildman–Crippen LogP) is 4.03. The Hall–Kier alpha value is -3.23. The number of nitrogens with one attached hydrogen (secondary N) is 1. The summed E-state index contributed by atoms with van der Waals surface area (Å²) in [7, 11) is 1.98. The molecule has 0 radical (unpaired) electrons. The van der Waals surface area contributed by atoms with E-state index in [0.717, 1.165) is 23.5 Å². The van der Waals surface area contributed by atoms with Gasteiger partial charge in [0.15, 0.2) is 0 Å². The van der Waals surface area contributed by atoms with Gasteiger partial charge in [0.1, 0.15) is 0 Å². The number of amides is 2. The summed E-state index contributed by atoms with van der Waals surface area (Å²) in [5.41, 5.74) is 8.56. The summed E-state index contributed by atoms with van der Waals surface area (Å²) in [4.78, 5) is 29.9. The Morgan fingerprint density at radius 3 is 2.44 bits per heavy atom. The third-order valence-corrected chi connectivity index (χ3v) is 6.52. The van der Waals surface area contributed by atoms with Crippen molar-refractivity contribution < 1.29 is 14.0 Å². The number of carbonyl (C=O) groups is 2. The van der Waals surface area contributed by atoms with Crippen LogP contribution in [0.3, 0.4) is 0 Å². The monoisotopic (exact) mass is 452 g/mol. The second kappa shape index (κ2) is 9.50. The molecule has 8 heteroatoms. The van der Waals surface area contributed by atoms with E-state index in [2.05, 4.69) is 10.2 Å². The average Bonchev–Trinajstić information content (AvgIpc) is 3.35. The zero-order chi connectivity index (χ0) is 22.7. The molecule has 1 aromatic heterocycles. The highest BCUT2D eigenvalue weighted by Crippen LogP contribution is 2.30. The summed E-state index contributed by atoms with van der Waals surface area (Å²) in [6.07, 6.45) is -1.74. The molecule has 4 rings (SSSR count). The van der Waals surface area contributed by atoms with Crippen molar-refractivity contribution in [3.8, 4) is 10.4 Å². The lowest BCUT2D eigenvalue weighted by Gasteiger charge is -2.33. The fourth-order valence-electron chi connectivity index (χ4n) is 3.59. The van der Waals surface area contributed by atoms with E-state index < -0.39 is 12.1 Å². The molecule has 1 aliphatic rings. The highest BCUT2D eigenvalue weighted by atomic mass is 32.1. The van der Waals surface area contributed by atoms with Crippen LogP contribution in [0.2, 0.25) is 0 Å². The van der Waals surface area contributed by atoms with Gasteiger partial charge in [0.05, 0.1) is 11.4 Å². The molecule has 2 amide bonds. The number of carbonyl (C=O) groups excluding carboxylic acids is 2. The number of anilines is 2. The number of nitrogen functional groups attached to an aromatic ring is 1. The van der Waals surface area contributed by atoms with Gasteiger partial charge in [-0.3, -0.25) is 9.59 Å². The van der Waals surface area contributed by atoms with Gasteiger partial charge in [0, 0.05) is 36.6 Å². The lowest BCUT2D eigenvalue weighted by atomic mass is 10.1. The molecular formula is C24H25FN4O2S. The van der Waals surface area contributed by atoms with E-state index >= 15 is 0 Å². The fraction of sp³-hybridized carbons (Fsp3) is 0.250. The number of alkyl halides is 1. The van der Waals surface area contributed by atoms with Crippen molar-refractivity contribution >= 4 is 34.5 Å². The van der Waals surface area contributed by atoms with E-state index in [-0.39, 0.29) is 11.5 Å². The fourth-order valence-corrected chi connectivity index (χ4v) is 4.31. The molecule has 3 N–H and O–H groups in total. The van der Waals surface area contributed by atoms with Gasteiger partial charge >= 0.3 is 0 Å². The topological polar surface area (TPSA) is 78.7 Å². The van der Waals surface area contributed by atoms with Gasteiger partial charge in [-0.15, -0.1) is 11.3 Å². The van der Waals surface area contributed by atoms with Gasteiger partial charge in [-0.2, -0.15) is 0 Å². The van der Waals surface area contributed by atoms with Crippen LogP contribution in [0.1, 0.15) is 22.1 Å². The van der Waals surface area contributed by atoms with Gasteiger partial charge in [-0.05, 0) is 53.9 Å². The minimum atomic E-state index is -1.74. The minimum Gasteiger partial charge on any atom is -0.397 e. The summed E-state index contributed by atoms with van der Waals surface area (Å²) in [5.74, 6) is -0.888. The SMILES string of the molecule is CN1CCN(C(=O)[C@H](F)c2ccc(C(=O)Nc3cc(-c4cccs4)ccc3N)cc2)CC1. The third-order valence-electron chi connectivity index (χ3n) is 5.60. The molecule has 1 saturated heterocycles. The summed E-state index contributed by atoms with van der Waals surface area (Å²) >= 11 is 1.60. The van der Waals surface area contributed by atoms with E-state index in [1.807, 2.05) is 36.7 Å². The van der Waals surface area contributed by atoms with Crippen molar-refractivity contribution in [2.24, 2.45) is 0 Å². The number of rotatable bonds is 5. The van der Waals surface area contributed by atoms with Crippen LogP contribution in [-0.4, -0.2) is 54.8 Å². The number of likely N-dealkylation sites (N-methyl/N-ethyl adjacent to an activating group) is 1. The van der Waals surface area contributed by atoms with Crippen molar-refractivity contribution in [1.29, 1.82) is 0 Å². The zero-order valence-corrected chi connectivity index (χ0v) is 18.6. The summed E-state index contributed by atoms with van der Waals surface area (Å²) in [6.45, 7) is 2.49. The molecule has 1 fully saturated rings. The quantitative estimate of drug-likeness (QED) is 0.573. The lowest BCUT2D eigenvalue weighted by Crippen LogP contribution is -2.48. The van der Waals surface area contributed by atoms with Crippen molar-refractivity contribution in [2.45, 2.75) is 6.17 Å². The normalized spacial score (nSPS) is 15.4. The Morgan fingerprint density at radius 1 is 1.06 bits per heavy atom. The van der Waals surface area contributed by atoms with Crippen molar-refractivity contribution in [1.82, 2.24) is 9.80 Å². The van der Waals surface area contributed by atoms with Gasteiger partial charge in [-0.25, -0.2) is 4.39 Å². The van der Waals surface area contributed by atoms with Crippen molar-refractivity contribution in [3.05, 3.63) is 71.1 Å². The number of hydrogen-bond donors (Lipinski definition) is 2. The number of piperazine rings is 1. The van der Waals surface area contributed by atoms with E-state index in [1.165, 1.54) is 24.3 Å². The maximum Gasteiger partial charge on any atom is 0.261 e. The molecule has 6 nitrogen and oxygen atoms in total. The first-order valence-electron chi connectivity index (χ1n) is 10.4. The summed E-state index contributed by atoms with van der Waals surface area (Å²) < 4.78 is 14.8. The molecule has 32 heavy (non-hydrogen) atoms. The Balaban J connectivity index is 1.43. The van der Waals surface area contributed by atoms with Crippen LogP contribution in [0, 0.1) is 0 Å². The van der Waals surface area contributed by atoms with E-state index in [1.54, 1.807) is 22.3 Å². The molecule has 166 valence electrons. The first-order chi connectivity index (χ1) is 15.4. The van der Waals surface area contributed by atoms with E-state index in [4.69, 9.17) is 5.73 Å². The number of nitrogens with two attached hydrogens (primary N) is 1. The predicted molar refractivity (Wildman–Crippen MR) is 126 cm³/mol. The van der Waals surface area contributed by atoms with Gasteiger partial charge < -0.3 is 20.9 Å². The Bertz CT molecular complexity index is 1090. The van der Waals surface area contributed by atoms with E-state index in [0.29, 0.717) is 30.0 Å². The van der Waals surface area contributed by atoms with Crippen LogP contribution in [0.4, 0.5) is 15.8 Å². The van der Waals surface area contributed by atoms with E-state index in [9.17, 15) is 14.0 Å². The van der Waals surface area contributed by atoms with Crippen molar-refractivity contribution in [2.75, 3.05) is 44.3 Å². The van der Waals surface area contributed by atoms with Crippen LogP contribution < -0.4 is 11.1 Å². The van der Waals surface area contributed by atoms with Gasteiger partial charge in [0.25, 0.3) is 11.8 Å². The average molecular weight is 453 g/mol. The smallest absolute Gasteiger partial charge is 0.261 e. The molecule has 2 aromatic carbocycles. The van der Waals surface area contributed by atoms with Crippen LogP contribution in [0.15, 0.2) is 60.0 Å². The highest BCUT2D eigenvalue weighted by Gasteiger charge is 2.27. The lowest BCUT2D eigenvalue weighted by molar-refractivity contribution is -0.138. The first-order valence-corrected chi connectivity index (χ1v) is 11.3. The second-order valence-corrected chi connectivity index (χ2v) is 8.79. The standard InChI is InChI=1S/C24H25FN4O2S/c1-28-10-12-29(13-11-28)24(31)22(25)16-4-6-17(7-5-16)23(30)27-20-15-18(8-9-19(20)26)21-3-2-14-32-21/h2-9,14-15,22H,10-13,26H2,1H3,(H,27,30)/t22-/m1/s1. The summed E-state index contributed by atoms with van der Waals surface area (Å²) in [6, 6.07) is 15.5. The Kier molecular flexibility index (Phi) is 6.53. The molecule has 0 aliphatic carbocycles. The maximum atomic E-state index is 14.8. The van der Waals surface area contributed by atoms with Crippen LogP contribution >= 0.6 is 11.3 Å². The molecule has 3 aromatic rings. The number of thiophene rings is 1. The zero-order valence-electron chi connectivity index (χ0n) is 17.8. The molecule has 0 saturated carbocycles. The van der Waals surface area contributed by atoms with Crippen LogP contribution in [0.5, 0.6) is 0 Å². The summed E-state index contributed by atoms with van der Waals surface area (Å²) in [5, 5.41) is 4.81. The number of hydrogen-bond acceptors (Lipinski definition) is 5. The molecular weight excluding hydrogens is 427 g/mol. The van der Waals surface area contributed by atoms with Crippen LogP contribution in [-0.2, 0) is 4.79 Å². The second-order valence-electron chi connectivity index (χ2n) is 7.85. The molecule has 1 aliphatic heterocycles. The third kappa shape index (κ3) is 4.81. The van der Waals surface area contributed by atoms with Crippen LogP contribution in [0.25, 0.3) is 10.4 Å². The number of halogens is 1. The molecule has 2 heterocycles. The first kappa shape index (κ1) is 22.0. The molecule has 0 bridgehead atoms. The number of benzene rings is 2.